The lowest BCUT2D eigenvalue weighted by molar-refractivity contribution is -0.160. The number of carbonyl (C=O) groups is 1. The van der Waals surface area contributed by atoms with Crippen molar-refractivity contribution in [2.75, 3.05) is 13.1 Å². The van der Waals surface area contributed by atoms with E-state index >= 15 is 0 Å². The van der Waals surface area contributed by atoms with Crippen LogP contribution in [0.2, 0.25) is 0 Å². The smallest absolute Gasteiger partial charge is 0.259 e. The van der Waals surface area contributed by atoms with Gasteiger partial charge in [-0.15, -0.1) is 0 Å². The van der Waals surface area contributed by atoms with Crippen molar-refractivity contribution in [3.63, 3.8) is 0 Å². The molecule has 3 nitrogen and oxygen atoms in total. The quantitative estimate of drug-likeness (QED) is 0.425. The third-order valence-electron chi connectivity index (χ3n) is 6.87. The van der Waals surface area contributed by atoms with Gasteiger partial charge in [-0.3, -0.25) is 4.79 Å². The van der Waals surface area contributed by atoms with Gasteiger partial charge in [0.2, 0.25) is 0 Å². The Morgan fingerprint density at radius 1 is 1.10 bits per heavy atom. The Balaban J connectivity index is 1.49. The third-order valence-corrected chi connectivity index (χ3v) is 8.30. The van der Waals surface area contributed by atoms with E-state index in [9.17, 15) is 9.90 Å². The number of amides is 1. The number of carbonyl (C=O) groups excluding carboxylic acids is 1. The maximum atomic E-state index is 13.8. The van der Waals surface area contributed by atoms with Crippen LogP contribution in [0, 0.1) is 18.3 Å². The van der Waals surface area contributed by atoms with Crippen LogP contribution in [0.15, 0.2) is 59.1 Å². The van der Waals surface area contributed by atoms with E-state index in [1.165, 1.54) is 5.56 Å². The lowest BCUT2D eigenvalue weighted by atomic mass is 9.78. The summed E-state index contributed by atoms with van der Waals surface area (Å²) in [4.78, 5) is 15.9. The zero-order chi connectivity index (χ0) is 21.8. The SMILES string of the molecule is O=C(N1CC[CH]C(CC(Br)c2ccc(Br)cc2)C1)C(O)(c1ccccc1)C1CCCC1. The Hall–Kier alpha value is -1.17. The number of piperidine rings is 1. The first-order valence-corrected chi connectivity index (χ1v) is 13.0. The topological polar surface area (TPSA) is 40.5 Å². The van der Waals surface area contributed by atoms with Gasteiger partial charge in [-0.1, -0.05) is 87.2 Å². The second-order valence-electron chi connectivity index (χ2n) is 8.90. The Kier molecular flexibility index (Phi) is 7.56. The summed E-state index contributed by atoms with van der Waals surface area (Å²) < 4.78 is 1.07. The summed E-state index contributed by atoms with van der Waals surface area (Å²) in [5.74, 6) is 0.186. The highest BCUT2D eigenvalue weighted by Gasteiger charge is 2.48. The van der Waals surface area contributed by atoms with Crippen molar-refractivity contribution < 1.29 is 9.90 Å². The number of hydrogen-bond donors (Lipinski definition) is 1. The molecule has 0 aromatic heterocycles. The van der Waals surface area contributed by atoms with Crippen LogP contribution in [0.4, 0.5) is 0 Å². The van der Waals surface area contributed by atoms with E-state index in [4.69, 9.17) is 0 Å². The summed E-state index contributed by atoms with van der Waals surface area (Å²) in [6.45, 7) is 1.35. The Labute approximate surface area is 202 Å². The highest BCUT2D eigenvalue weighted by molar-refractivity contribution is 9.10. The molecule has 1 N–H and O–H groups in total. The van der Waals surface area contributed by atoms with Crippen molar-refractivity contribution in [1.29, 1.82) is 0 Å². The first-order chi connectivity index (χ1) is 15.0. The van der Waals surface area contributed by atoms with Crippen LogP contribution < -0.4 is 0 Å². The van der Waals surface area contributed by atoms with Gasteiger partial charge in [0, 0.05) is 28.3 Å². The van der Waals surface area contributed by atoms with Gasteiger partial charge in [-0.25, -0.2) is 0 Å². The monoisotopic (exact) mass is 546 g/mol. The van der Waals surface area contributed by atoms with Crippen LogP contribution in [0.5, 0.6) is 0 Å². The molecular weight excluding hydrogens is 518 g/mol. The maximum Gasteiger partial charge on any atom is 0.259 e. The fraction of sp³-hybridized carbons (Fsp3) is 0.462. The number of benzene rings is 2. The number of alkyl halides is 1. The van der Waals surface area contributed by atoms with E-state index in [2.05, 4.69) is 62.5 Å². The van der Waals surface area contributed by atoms with E-state index < -0.39 is 5.60 Å². The van der Waals surface area contributed by atoms with Crippen LogP contribution in [0.3, 0.4) is 0 Å². The van der Waals surface area contributed by atoms with Gasteiger partial charge in [0.15, 0.2) is 5.60 Å². The summed E-state index contributed by atoms with van der Waals surface area (Å²) in [7, 11) is 0. The molecule has 4 rings (SSSR count). The number of aliphatic hydroxyl groups is 1. The molecule has 31 heavy (non-hydrogen) atoms. The maximum absolute atomic E-state index is 13.8. The standard InChI is InChI=1S/C26H30Br2NO2/c27-23-14-12-20(13-15-23)24(28)17-19-7-6-16-29(18-19)25(30)26(31,22-10-4-5-11-22)21-8-2-1-3-9-21/h1-3,7-9,12-15,19,22,24,31H,4-6,10-11,16-18H2. The summed E-state index contributed by atoms with van der Waals surface area (Å²) in [5.41, 5.74) is 0.567. The molecule has 0 bridgehead atoms. The number of hydrogen-bond acceptors (Lipinski definition) is 2. The van der Waals surface area contributed by atoms with Crippen LogP contribution in [0.1, 0.15) is 54.5 Å². The van der Waals surface area contributed by atoms with Gasteiger partial charge in [0.25, 0.3) is 5.91 Å². The lowest BCUT2D eigenvalue weighted by Crippen LogP contribution is -2.53. The zero-order valence-electron chi connectivity index (χ0n) is 17.7. The van der Waals surface area contributed by atoms with Gasteiger partial charge in [-0.05, 0) is 61.3 Å². The molecule has 5 heteroatoms. The fourth-order valence-electron chi connectivity index (χ4n) is 5.15. The predicted octanol–water partition coefficient (Wildman–Crippen LogP) is 6.41. The Bertz CT molecular complexity index is 867. The van der Waals surface area contributed by atoms with Gasteiger partial charge in [-0.2, -0.15) is 0 Å². The largest absolute Gasteiger partial charge is 0.375 e. The molecule has 1 saturated heterocycles. The lowest BCUT2D eigenvalue weighted by Gasteiger charge is -2.41. The molecule has 1 amide bonds. The molecule has 3 unspecified atom stereocenters. The van der Waals surface area contributed by atoms with Gasteiger partial charge in [0.05, 0.1) is 0 Å². The highest BCUT2D eigenvalue weighted by Crippen LogP contribution is 2.43. The molecule has 1 radical (unpaired) electrons. The van der Waals surface area contributed by atoms with Crippen LogP contribution in [0.25, 0.3) is 0 Å². The first-order valence-electron chi connectivity index (χ1n) is 11.3. The minimum absolute atomic E-state index is 0.00144. The normalized spacial score (nSPS) is 22.8. The van der Waals surface area contributed by atoms with Gasteiger partial charge < -0.3 is 10.0 Å². The molecule has 2 aliphatic rings. The van der Waals surface area contributed by atoms with Crippen molar-refractivity contribution in [2.24, 2.45) is 11.8 Å². The fourth-order valence-corrected chi connectivity index (χ4v) is 6.20. The van der Waals surface area contributed by atoms with Crippen LogP contribution in [-0.2, 0) is 10.4 Å². The number of halogens is 2. The summed E-state index contributed by atoms with van der Waals surface area (Å²) in [5, 5.41) is 11.9. The van der Waals surface area contributed by atoms with Crippen molar-refractivity contribution in [2.45, 2.75) is 49.0 Å². The number of nitrogens with zero attached hydrogens (tertiary/aromatic N) is 1. The van der Waals surface area contributed by atoms with E-state index in [1.54, 1.807) is 0 Å². The molecule has 2 aromatic rings. The molecule has 1 aliphatic heterocycles. The molecular formula is C26H30Br2NO2. The minimum atomic E-state index is -1.42. The number of likely N-dealkylation sites (tertiary alicyclic amines) is 1. The second-order valence-corrected chi connectivity index (χ2v) is 10.9. The minimum Gasteiger partial charge on any atom is -0.375 e. The molecule has 0 spiro atoms. The Morgan fingerprint density at radius 3 is 2.45 bits per heavy atom. The van der Waals surface area contributed by atoms with Crippen LogP contribution in [-0.4, -0.2) is 29.0 Å². The zero-order valence-corrected chi connectivity index (χ0v) is 20.9. The Morgan fingerprint density at radius 2 is 1.77 bits per heavy atom. The average molecular weight is 548 g/mol. The second kappa shape index (κ2) is 10.2. The average Bonchev–Trinajstić information content (AvgIpc) is 3.35. The molecule has 1 aliphatic carbocycles. The van der Waals surface area contributed by atoms with E-state index in [0.29, 0.717) is 19.0 Å². The molecule has 3 atom stereocenters. The predicted molar refractivity (Wildman–Crippen MR) is 132 cm³/mol. The van der Waals surface area contributed by atoms with Crippen LogP contribution >= 0.6 is 31.9 Å². The molecule has 2 aromatic carbocycles. The first kappa shape index (κ1) is 23.0. The van der Waals surface area contributed by atoms with Crippen molar-refractivity contribution in [3.8, 4) is 0 Å². The van der Waals surface area contributed by atoms with E-state index in [0.717, 1.165) is 48.6 Å². The molecule has 1 saturated carbocycles. The van der Waals surface area contributed by atoms with Gasteiger partial charge in [0.1, 0.15) is 0 Å². The molecule has 165 valence electrons. The summed E-state index contributed by atoms with van der Waals surface area (Å²) >= 11 is 7.34. The summed E-state index contributed by atoms with van der Waals surface area (Å²) in [6.07, 6.45) is 8.13. The summed E-state index contributed by atoms with van der Waals surface area (Å²) in [6, 6.07) is 18.0. The van der Waals surface area contributed by atoms with Crippen molar-refractivity contribution in [3.05, 3.63) is 76.6 Å². The highest BCUT2D eigenvalue weighted by atomic mass is 79.9. The van der Waals surface area contributed by atoms with E-state index in [-0.39, 0.29) is 16.7 Å². The van der Waals surface area contributed by atoms with E-state index in [1.807, 2.05) is 35.2 Å². The van der Waals surface area contributed by atoms with Gasteiger partial charge >= 0.3 is 0 Å². The number of rotatable bonds is 6. The van der Waals surface area contributed by atoms with Crippen molar-refractivity contribution in [1.82, 2.24) is 4.90 Å². The third kappa shape index (κ3) is 5.09. The molecule has 2 fully saturated rings. The van der Waals surface area contributed by atoms with Crippen molar-refractivity contribution >= 4 is 37.8 Å². The molecule has 1 heterocycles.